The van der Waals surface area contributed by atoms with Gasteiger partial charge >= 0.3 is 0 Å². The first-order valence-corrected chi connectivity index (χ1v) is 13.6. The second-order valence-electron chi connectivity index (χ2n) is 9.68. The minimum atomic E-state index is -0.278. The summed E-state index contributed by atoms with van der Waals surface area (Å²) in [5.41, 5.74) is 6.57. The third-order valence-electron chi connectivity index (χ3n) is 7.15. The van der Waals surface area contributed by atoms with Crippen LogP contribution in [-0.4, -0.2) is 56.9 Å². The lowest BCUT2D eigenvalue weighted by atomic mass is 9.87. The highest BCUT2D eigenvalue weighted by molar-refractivity contribution is 5.95. The second kappa shape index (κ2) is 14.2. The van der Waals surface area contributed by atoms with Gasteiger partial charge in [0.1, 0.15) is 18.6 Å². The van der Waals surface area contributed by atoms with Crippen molar-refractivity contribution in [2.45, 2.75) is 52.1 Å². The lowest BCUT2D eigenvalue weighted by Gasteiger charge is -2.19. The van der Waals surface area contributed by atoms with Gasteiger partial charge < -0.3 is 9.47 Å². The first kappa shape index (κ1) is 28.0. The van der Waals surface area contributed by atoms with Crippen LogP contribution in [0.5, 0.6) is 11.5 Å². The zero-order valence-electron chi connectivity index (χ0n) is 22.4. The molecule has 2 aliphatic rings. The fourth-order valence-electron chi connectivity index (χ4n) is 5.31. The Morgan fingerprint density at radius 3 is 2.68 bits per heavy atom. The smallest absolute Gasteiger partial charge is 0.172 e. The first-order valence-electron chi connectivity index (χ1n) is 13.6. The Morgan fingerprint density at radius 1 is 1.13 bits per heavy atom. The molecule has 1 heterocycles. The molecule has 204 valence electrons. The summed E-state index contributed by atoms with van der Waals surface area (Å²) in [6.07, 6.45) is 8.23. The van der Waals surface area contributed by atoms with Crippen molar-refractivity contribution in [1.82, 2.24) is 4.90 Å². The zero-order valence-corrected chi connectivity index (χ0v) is 22.4. The highest BCUT2D eigenvalue weighted by atomic mass is 19.3. The maximum atomic E-state index is 13.0. The number of halogens is 2. The zero-order chi connectivity index (χ0) is 26.7. The fraction of sp³-hybridized carbons (Fsp3) is 0.452. The van der Waals surface area contributed by atoms with E-state index in [9.17, 15) is 8.92 Å². The predicted molar refractivity (Wildman–Crippen MR) is 148 cm³/mol. The Bertz CT molecular complexity index is 1140. The number of nitrogens with zero attached hydrogens (tertiary/aromatic N) is 2. The van der Waals surface area contributed by atoms with Crippen molar-refractivity contribution in [3.8, 4) is 11.5 Å². The minimum Gasteiger partial charge on any atom is -0.489 e. The largest absolute Gasteiger partial charge is 0.489 e. The number of hydrogen-bond donors (Lipinski definition) is 0. The molecule has 1 aliphatic carbocycles. The molecule has 1 unspecified atom stereocenters. The summed E-state index contributed by atoms with van der Waals surface area (Å²) < 4.78 is 37.2. The van der Waals surface area contributed by atoms with Crippen molar-refractivity contribution in [3.63, 3.8) is 0 Å². The van der Waals surface area contributed by atoms with Crippen LogP contribution in [0.15, 0.2) is 64.7 Å². The molecule has 2 aromatic carbocycles. The molecule has 0 N–H and O–H groups in total. The number of allylic oxidation sites excluding steroid dienone is 3. The lowest BCUT2D eigenvalue weighted by molar-refractivity contribution is -0.00629. The number of ether oxygens (including phenoxy) is 2. The summed E-state index contributed by atoms with van der Waals surface area (Å²) in [7, 11) is 0. The van der Waals surface area contributed by atoms with E-state index in [0.717, 1.165) is 78.9 Å². The van der Waals surface area contributed by atoms with E-state index >= 15 is 0 Å². The van der Waals surface area contributed by atoms with Gasteiger partial charge in [-0.25, -0.2) is 0 Å². The van der Waals surface area contributed by atoms with Crippen LogP contribution >= 0.6 is 0 Å². The minimum absolute atomic E-state index is 0.115. The normalized spacial score (nSPS) is 18.6. The summed E-state index contributed by atoms with van der Waals surface area (Å²) in [6.45, 7) is 7.19. The molecule has 4 rings (SSSR count). The molecular weight excluding hydrogens is 486 g/mol. The Kier molecular flexibility index (Phi) is 10.5. The Labute approximate surface area is 224 Å². The molecule has 0 aromatic heterocycles. The van der Waals surface area contributed by atoms with Crippen molar-refractivity contribution in [1.29, 1.82) is 0 Å². The van der Waals surface area contributed by atoms with Gasteiger partial charge in [0.05, 0.1) is 6.67 Å². The summed E-state index contributed by atoms with van der Waals surface area (Å²) in [4.78, 5) is 10.8. The van der Waals surface area contributed by atoms with Crippen LogP contribution in [0.3, 0.4) is 0 Å². The fourth-order valence-corrected chi connectivity index (χ4v) is 5.31. The molecule has 38 heavy (non-hydrogen) atoms. The number of rotatable bonds is 12. The summed E-state index contributed by atoms with van der Waals surface area (Å²) >= 11 is 0. The maximum absolute atomic E-state index is 13.0. The van der Waals surface area contributed by atoms with E-state index in [0.29, 0.717) is 19.8 Å². The molecule has 1 fully saturated rings. The molecule has 1 atom stereocenters. The molecule has 0 bridgehead atoms. The number of benzene rings is 2. The Hall–Kier alpha value is -3.03. The average Bonchev–Trinajstić information content (AvgIpc) is 3.31. The van der Waals surface area contributed by atoms with E-state index in [1.807, 2.05) is 38.3 Å². The number of hydrogen-bond acceptors (Lipinski definition) is 5. The third kappa shape index (κ3) is 7.08. The summed E-state index contributed by atoms with van der Waals surface area (Å²) in [5.74, 6) is 1.05. The SMILES string of the molecule is C/C=C(\C=NCOCC)C1=C(c2ccc(OC3CCN(CCCF)C3)cc2)c2ccc(OF)cc2CCC1. The van der Waals surface area contributed by atoms with Crippen LogP contribution in [0.4, 0.5) is 8.92 Å². The van der Waals surface area contributed by atoms with E-state index in [4.69, 9.17) is 9.47 Å². The van der Waals surface area contributed by atoms with Gasteiger partial charge in [0.2, 0.25) is 0 Å². The first-order chi connectivity index (χ1) is 18.7. The molecule has 1 saturated heterocycles. The Morgan fingerprint density at radius 2 is 1.95 bits per heavy atom. The van der Waals surface area contributed by atoms with Crippen LogP contribution < -0.4 is 9.68 Å². The monoisotopic (exact) mass is 524 g/mol. The number of likely N-dealkylation sites (tertiary alicyclic amines) is 1. The van der Waals surface area contributed by atoms with Crippen molar-refractivity contribution in [3.05, 3.63) is 76.4 Å². The quantitative estimate of drug-likeness (QED) is 0.224. The van der Waals surface area contributed by atoms with Crippen LogP contribution in [0.25, 0.3) is 5.57 Å². The van der Waals surface area contributed by atoms with Gasteiger partial charge in [-0.2, -0.15) is 0 Å². The highest BCUT2D eigenvalue weighted by Gasteiger charge is 2.24. The van der Waals surface area contributed by atoms with Crippen molar-refractivity contribution in [2.24, 2.45) is 4.99 Å². The summed E-state index contributed by atoms with van der Waals surface area (Å²) in [5, 5.41) is 0. The van der Waals surface area contributed by atoms with Crippen molar-refractivity contribution < 1.29 is 23.3 Å². The maximum Gasteiger partial charge on any atom is 0.172 e. The molecule has 0 amide bonds. The molecule has 7 heteroatoms. The predicted octanol–water partition coefficient (Wildman–Crippen LogP) is 6.91. The number of alkyl halides is 1. The van der Waals surface area contributed by atoms with E-state index in [2.05, 4.69) is 33.0 Å². The molecule has 2 aromatic rings. The molecule has 0 saturated carbocycles. The van der Waals surface area contributed by atoms with Gasteiger partial charge in [0.25, 0.3) is 0 Å². The second-order valence-corrected chi connectivity index (χ2v) is 9.68. The highest BCUT2D eigenvalue weighted by Crippen LogP contribution is 2.39. The van der Waals surface area contributed by atoms with Crippen LogP contribution in [0, 0.1) is 0 Å². The van der Waals surface area contributed by atoms with Crippen molar-refractivity contribution in [2.75, 3.05) is 39.6 Å². The number of aryl methyl sites for hydroxylation is 1. The van der Waals surface area contributed by atoms with Crippen molar-refractivity contribution >= 4 is 11.8 Å². The van der Waals surface area contributed by atoms with Crippen LogP contribution in [0.1, 0.15) is 56.2 Å². The van der Waals surface area contributed by atoms with Gasteiger partial charge in [-0.05, 0) is 104 Å². The van der Waals surface area contributed by atoms with Gasteiger partial charge in [-0.3, -0.25) is 19.2 Å². The molecule has 1 aliphatic heterocycles. The van der Waals surface area contributed by atoms with Crippen LogP contribution in [0.2, 0.25) is 0 Å². The number of fused-ring (bicyclic) bond motifs is 1. The summed E-state index contributed by atoms with van der Waals surface area (Å²) in [6, 6.07) is 13.7. The van der Waals surface area contributed by atoms with Gasteiger partial charge in [-0.15, -0.1) is 0 Å². The number of aliphatic imine (C=N–C) groups is 1. The third-order valence-corrected chi connectivity index (χ3v) is 7.15. The Balaban J connectivity index is 1.64. The van der Waals surface area contributed by atoms with Gasteiger partial charge in [0, 0.05) is 37.0 Å². The van der Waals surface area contributed by atoms with E-state index in [1.54, 1.807) is 12.1 Å². The topological polar surface area (TPSA) is 43.3 Å². The molecular formula is C31H38F2N2O3. The molecule has 5 nitrogen and oxygen atoms in total. The van der Waals surface area contributed by atoms with E-state index < -0.39 is 0 Å². The molecule has 0 spiro atoms. The van der Waals surface area contributed by atoms with Crippen LogP contribution in [-0.2, 0) is 11.2 Å². The lowest BCUT2D eigenvalue weighted by Crippen LogP contribution is -2.26. The average molecular weight is 525 g/mol. The molecule has 0 radical (unpaired) electrons. The van der Waals surface area contributed by atoms with Gasteiger partial charge in [-0.1, -0.05) is 24.3 Å². The van der Waals surface area contributed by atoms with E-state index in [1.165, 1.54) is 5.57 Å². The standard InChI is InChI=1S/C31H38F2N2O3/c1-3-23(20-34-22-36-4-2)29-8-5-7-25-19-27(38-33)13-14-30(25)31(29)24-9-11-26(12-10-24)37-28-15-18-35(21-28)17-6-16-32/h3,9-14,19-20,28H,4-8,15-18,21-22H2,1-2H3/b23-3+,34-20?. The van der Waals surface area contributed by atoms with E-state index in [-0.39, 0.29) is 18.5 Å². The van der Waals surface area contributed by atoms with Gasteiger partial charge in [0.15, 0.2) is 5.75 Å².